The molecule has 0 radical (unpaired) electrons. The van der Waals surface area contributed by atoms with E-state index in [4.69, 9.17) is 11.6 Å². The molecule has 0 aliphatic carbocycles. The van der Waals surface area contributed by atoms with Gasteiger partial charge in [0.05, 0.1) is 10.6 Å². The molecule has 3 rings (SSSR count). The van der Waals surface area contributed by atoms with E-state index in [1.54, 1.807) is 0 Å². The van der Waals surface area contributed by atoms with E-state index in [0.717, 1.165) is 11.6 Å². The third-order valence-electron chi connectivity index (χ3n) is 4.25. The number of ketones is 1. The van der Waals surface area contributed by atoms with Gasteiger partial charge in [0.25, 0.3) is 5.56 Å². The van der Waals surface area contributed by atoms with Crippen molar-refractivity contribution in [2.24, 2.45) is 0 Å². The van der Waals surface area contributed by atoms with Gasteiger partial charge in [-0.25, -0.2) is 0 Å². The molecule has 0 amide bonds. The van der Waals surface area contributed by atoms with Crippen LogP contribution >= 0.6 is 11.6 Å². The normalized spacial score (nSPS) is 11.5. The second kappa shape index (κ2) is 8.21. The fourth-order valence-corrected chi connectivity index (χ4v) is 3.28. The number of aromatic nitrogens is 2. The zero-order valence-corrected chi connectivity index (χ0v) is 16.1. The molecule has 4 nitrogen and oxygen atoms in total. The number of Topliss-reactive ketones (excluding diaryl/α,β-unsaturated/α-hetero) is 1. The van der Waals surface area contributed by atoms with E-state index in [1.807, 2.05) is 30.3 Å². The van der Waals surface area contributed by atoms with Crippen LogP contribution in [-0.4, -0.2) is 15.3 Å². The molecular formula is C21H16ClF3N2O2. The van der Waals surface area contributed by atoms with Crippen molar-refractivity contribution >= 4 is 17.4 Å². The third kappa shape index (κ3) is 4.74. The van der Waals surface area contributed by atoms with Crippen molar-refractivity contribution in [2.45, 2.75) is 26.1 Å². The molecule has 8 heteroatoms. The number of hydrogen-bond donors (Lipinski definition) is 0. The van der Waals surface area contributed by atoms with Crippen LogP contribution in [0.25, 0.3) is 11.4 Å². The maximum atomic E-state index is 13.3. The molecule has 29 heavy (non-hydrogen) atoms. The Morgan fingerprint density at radius 2 is 1.79 bits per heavy atom. The Morgan fingerprint density at radius 3 is 2.41 bits per heavy atom. The Labute approximate surface area is 169 Å². The lowest BCUT2D eigenvalue weighted by Gasteiger charge is -2.17. The minimum atomic E-state index is -4.65. The monoisotopic (exact) mass is 420 g/mol. The van der Waals surface area contributed by atoms with Gasteiger partial charge in [-0.3, -0.25) is 9.59 Å². The molecule has 0 aliphatic heterocycles. The number of rotatable bonds is 5. The van der Waals surface area contributed by atoms with Crippen molar-refractivity contribution < 1.29 is 18.0 Å². The molecule has 0 aliphatic rings. The van der Waals surface area contributed by atoms with Crippen LogP contribution in [0.5, 0.6) is 0 Å². The van der Waals surface area contributed by atoms with Crippen LogP contribution in [0.2, 0.25) is 5.02 Å². The molecule has 3 aromatic rings. The summed E-state index contributed by atoms with van der Waals surface area (Å²) in [6.07, 6.45) is -3.31. The van der Waals surface area contributed by atoms with Crippen LogP contribution < -0.4 is 5.56 Å². The molecule has 1 heterocycles. The quantitative estimate of drug-likeness (QED) is 0.598. The maximum Gasteiger partial charge on any atom is 0.417 e. The van der Waals surface area contributed by atoms with E-state index >= 15 is 0 Å². The summed E-state index contributed by atoms with van der Waals surface area (Å²) in [4.78, 5) is 27.9. The number of carbonyl (C=O) groups excluding carboxylic acids is 1. The molecule has 0 N–H and O–H groups in total. The fourth-order valence-electron chi connectivity index (χ4n) is 2.97. The summed E-state index contributed by atoms with van der Waals surface area (Å²) in [5.41, 5.74) is -0.682. The SMILES string of the molecule is CC(=O)Cc1cn(Cc2ccccc2)c(-c2cccc(C(F)(F)F)c2Cl)nc1=O. The number of benzene rings is 2. The standard InChI is InChI=1S/C21H16ClF3N2O2/c1-13(28)10-15-12-27(11-14-6-3-2-4-7-14)19(26-20(15)29)16-8-5-9-17(18(16)22)21(23,24)25/h2-9,12H,10-11H2,1H3. The molecule has 2 aromatic carbocycles. The highest BCUT2D eigenvalue weighted by molar-refractivity contribution is 6.34. The van der Waals surface area contributed by atoms with E-state index < -0.39 is 22.3 Å². The summed E-state index contributed by atoms with van der Waals surface area (Å²) >= 11 is 6.05. The molecular weight excluding hydrogens is 405 g/mol. The molecule has 0 atom stereocenters. The topological polar surface area (TPSA) is 52.0 Å². The van der Waals surface area contributed by atoms with Crippen LogP contribution in [0.15, 0.2) is 59.5 Å². The lowest BCUT2D eigenvalue weighted by molar-refractivity contribution is -0.137. The van der Waals surface area contributed by atoms with Crippen LogP contribution in [0.1, 0.15) is 23.6 Å². The molecule has 0 unspecified atom stereocenters. The highest BCUT2D eigenvalue weighted by atomic mass is 35.5. The van der Waals surface area contributed by atoms with Crippen molar-refractivity contribution in [2.75, 3.05) is 0 Å². The van der Waals surface area contributed by atoms with Gasteiger partial charge >= 0.3 is 6.18 Å². The zero-order chi connectivity index (χ0) is 21.2. The number of hydrogen-bond acceptors (Lipinski definition) is 3. The van der Waals surface area contributed by atoms with Gasteiger partial charge in [0.2, 0.25) is 0 Å². The van der Waals surface area contributed by atoms with Gasteiger partial charge in [0.15, 0.2) is 0 Å². The summed E-state index contributed by atoms with van der Waals surface area (Å²) in [5.74, 6) is -0.220. The van der Waals surface area contributed by atoms with Gasteiger partial charge in [-0.2, -0.15) is 18.2 Å². The van der Waals surface area contributed by atoms with Gasteiger partial charge in [0.1, 0.15) is 11.6 Å². The summed E-state index contributed by atoms with van der Waals surface area (Å²) < 4.78 is 41.3. The highest BCUT2D eigenvalue weighted by Gasteiger charge is 2.34. The predicted octanol–water partition coefficient (Wildman–Crippen LogP) is 4.76. The average molecular weight is 421 g/mol. The Morgan fingerprint density at radius 1 is 1.10 bits per heavy atom. The van der Waals surface area contributed by atoms with Gasteiger partial charge < -0.3 is 4.57 Å². The lowest BCUT2D eigenvalue weighted by atomic mass is 10.1. The summed E-state index contributed by atoms with van der Waals surface area (Å²) in [5, 5.41) is -0.534. The first-order valence-corrected chi connectivity index (χ1v) is 9.04. The second-order valence-electron chi connectivity index (χ2n) is 6.55. The average Bonchev–Trinajstić information content (AvgIpc) is 2.64. The van der Waals surface area contributed by atoms with Crippen molar-refractivity contribution in [1.29, 1.82) is 0 Å². The third-order valence-corrected chi connectivity index (χ3v) is 4.65. The first-order valence-electron chi connectivity index (χ1n) is 8.66. The number of nitrogens with zero attached hydrogens (tertiary/aromatic N) is 2. The first kappa shape index (κ1) is 20.8. The van der Waals surface area contributed by atoms with Crippen LogP contribution in [0.3, 0.4) is 0 Å². The van der Waals surface area contributed by atoms with E-state index in [-0.39, 0.29) is 35.7 Å². The molecule has 0 bridgehead atoms. The summed E-state index contributed by atoms with van der Waals surface area (Å²) in [7, 11) is 0. The van der Waals surface area contributed by atoms with Crippen molar-refractivity contribution in [3.63, 3.8) is 0 Å². The minimum absolute atomic E-state index is 0.00209. The van der Waals surface area contributed by atoms with Gasteiger partial charge in [-0.1, -0.05) is 48.0 Å². The maximum absolute atomic E-state index is 13.3. The lowest BCUT2D eigenvalue weighted by Crippen LogP contribution is -2.22. The largest absolute Gasteiger partial charge is 0.417 e. The number of carbonyl (C=O) groups is 1. The van der Waals surface area contributed by atoms with Crippen LogP contribution in [0.4, 0.5) is 13.2 Å². The summed E-state index contributed by atoms with van der Waals surface area (Å²) in [6.45, 7) is 1.58. The van der Waals surface area contributed by atoms with Gasteiger partial charge in [0, 0.05) is 30.3 Å². The van der Waals surface area contributed by atoms with E-state index in [1.165, 1.54) is 29.8 Å². The number of alkyl halides is 3. The van der Waals surface area contributed by atoms with Crippen molar-refractivity contribution in [3.05, 3.63) is 86.8 Å². The van der Waals surface area contributed by atoms with E-state index in [2.05, 4.69) is 4.98 Å². The molecule has 0 saturated heterocycles. The molecule has 150 valence electrons. The smallest absolute Gasteiger partial charge is 0.327 e. The van der Waals surface area contributed by atoms with Crippen molar-refractivity contribution in [3.8, 4) is 11.4 Å². The van der Waals surface area contributed by atoms with E-state index in [0.29, 0.717) is 0 Å². The molecule has 0 saturated carbocycles. The van der Waals surface area contributed by atoms with Crippen LogP contribution in [-0.2, 0) is 23.9 Å². The van der Waals surface area contributed by atoms with Gasteiger partial charge in [-0.15, -0.1) is 0 Å². The minimum Gasteiger partial charge on any atom is -0.327 e. The van der Waals surface area contributed by atoms with E-state index in [9.17, 15) is 22.8 Å². The second-order valence-corrected chi connectivity index (χ2v) is 6.93. The number of halogens is 4. The molecule has 0 spiro atoms. The Kier molecular flexibility index (Phi) is 5.88. The Balaban J connectivity index is 2.21. The Bertz CT molecular complexity index is 1110. The van der Waals surface area contributed by atoms with Gasteiger partial charge in [-0.05, 0) is 24.6 Å². The Hall–Kier alpha value is -2.93. The summed E-state index contributed by atoms with van der Waals surface area (Å²) in [6, 6.07) is 12.6. The van der Waals surface area contributed by atoms with Crippen molar-refractivity contribution in [1.82, 2.24) is 9.55 Å². The molecule has 1 aromatic heterocycles. The first-order chi connectivity index (χ1) is 13.7. The zero-order valence-electron chi connectivity index (χ0n) is 15.3. The van der Waals surface area contributed by atoms with Crippen LogP contribution in [0, 0.1) is 0 Å². The predicted molar refractivity (Wildman–Crippen MR) is 104 cm³/mol. The molecule has 0 fully saturated rings. The fraction of sp³-hybridized carbons (Fsp3) is 0.190. The highest BCUT2D eigenvalue weighted by Crippen LogP contribution is 2.39.